The fourth-order valence-electron chi connectivity index (χ4n) is 5.73. The first-order chi connectivity index (χ1) is 22.8. The van der Waals surface area contributed by atoms with Gasteiger partial charge in [0.2, 0.25) is 0 Å². The van der Waals surface area contributed by atoms with Crippen LogP contribution in [-0.2, 0) is 16.1 Å². The number of methoxy groups -OCH3 is 1. The molecule has 0 saturated carbocycles. The standard InChI is InChI=1S/C38H36N2O6S/c1-6-44-37(42)34-24(4)39-38-40(35(34)27-15-17-29(18-16-27)46-23(2)3)36(41)33(47-38)21-25-14-19-31(32(20-25)43-5)45-22-28-12-9-11-26-10-7-8-13-30(26)28/h7-21,23,35H,6,22H2,1-5H3/b33-21-/t35-/m1/s1. The van der Waals surface area contributed by atoms with E-state index in [0.717, 1.165) is 27.5 Å². The van der Waals surface area contributed by atoms with E-state index in [0.29, 0.717) is 44.5 Å². The molecule has 0 fully saturated rings. The number of carbonyl (C=O) groups excluding carboxylic acids is 1. The number of hydrogen-bond acceptors (Lipinski definition) is 8. The Morgan fingerprint density at radius 3 is 2.51 bits per heavy atom. The average molecular weight is 649 g/mol. The van der Waals surface area contributed by atoms with Crippen LogP contribution in [-0.4, -0.2) is 30.4 Å². The van der Waals surface area contributed by atoms with Crippen molar-refractivity contribution >= 4 is 34.2 Å². The van der Waals surface area contributed by atoms with E-state index in [4.69, 9.17) is 18.9 Å². The first kappa shape index (κ1) is 31.8. The van der Waals surface area contributed by atoms with Crippen molar-refractivity contribution in [3.63, 3.8) is 0 Å². The van der Waals surface area contributed by atoms with Crippen LogP contribution in [0, 0.1) is 0 Å². The number of fused-ring (bicyclic) bond motifs is 2. The van der Waals surface area contributed by atoms with E-state index in [9.17, 15) is 9.59 Å². The highest BCUT2D eigenvalue weighted by Crippen LogP contribution is 2.33. The van der Waals surface area contributed by atoms with Crippen molar-refractivity contribution in [3.05, 3.63) is 133 Å². The third-order valence-electron chi connectivity index (χ3n) is 7.83. The summed E-state index contributed by atoms with van der Waals surface area (Å²) in [7, 11) is 1.59. The second-order valence-electron chi connectivity index (χ2n) is 11.4. The van der Waals surface area contributed by atoms with Crippen molar-refractivity contribution in [3.8, 4) is 17.2 Å². The SMILES string of the molecule is CCOC(=O)C1=C(C)N=c2s/c(=C\c3ccc(OCc4cccc5ccccc45)c(OC)c3)c(=O)n2[C@@H]1c1ccc(OC(C)C)cc1. The van der Waals surface area contributed by atoms with E-state index < -0.39 is 12.0 Å². The van der Waals surface area contributed by atoms with Gasteiger partial charge in [-0.1, -0.05) is 72.0 Å². The van der Waals surface area contributed by atoms with Crippen molar-refractivity contribution in [2.75, 3.05) is 13.7 Å². The van der Waals surface area contributed by atoms with Gasteiger partial charge in [0.25, 0.3) is 5.56 Å². The highest BCUT2D eigenvalue weighted by atomic mass is 32.1. The Balaban J connectivity index is 1.35. The number of rotatable bonds is 10. The van der Waals surface area contributed by atoms with Crippen molar-refractivity contribution in [2.45, 2.75) is 46.4 Å². The molecule has 0 aliphatic carbocycles. The van der Waals surface area contributed by atoms with Crippen molar-refractivity contribution < 1.29 is 23.7 Å². The van der Waals surface area contributed by atoms with Crippen LogP contribution in [0.5, 0.6) is 17.2 Å². The van der Waals surface area contributed by atoms with Crippen LogP contribution in [0.4, 0.5) is 0 Å². The molecule has 0 bridgehead atoms. The van der Waals surface area contributed by atoms with Gasteiger partial charge in [0.05, 0.1) is 41.7 Å². The minimum Gasteiger partial charge on any atom is -0.493 e. The lowest BCUT2D eigenvalue weighted by Gasteiger charge is -2.25. The van der Waals surface area contributed by atoms with Crippen LogP contribution in [0.25, 0.3) is 16.8 Å². The Morgan fingerprint density at radius 1 is 1.00 bits per heavy atom. The number of esters is 1. The summed E-state index contributed by atoms with van der Waals surface area (Å²) in [5.41, 5.74) is 3.17. The molecule has 47 heavy (non-hydrogen) atoms. The number of carbonyl (C=O) groups is 1. The Labute approximate surface area is 276 Å². The number of allylic oxidation sites excluding steroid dienone is 1. The molecule has 1 atom stereocenters. The van der Waals surface area contributed by atoms with E-state index in [2.05, 4.69) is 29.3 Å². The first-order valence-corrected chi connectivity index (χ1v) is 16.3. The summed E-state index contributed by atoms with van der Waals surface area (Å²) in [6.45, 7) is 8.02. The van der Waals surface area contributed by atoms with Gasteiger partial charge in [-0.05, 0) is 85.5 Å². The Kier molecular flexibility index (Phi) is 9.26. The highest BCUT2D eigenvalue weighted by molar-refractivity contribution is 7.07. The van der Waals surface area contributed by atoms with Crippen molar-refractivity contribution in [2.24, 2.45) is 4.99 Å². The van der Waals surface area contributed by atoms with Crippen molar-refractivity contribution in [1.29, 1.82) is 0 Å². The van der Waals surface area contributed by atoms with Gasteiger partial charge in [-0.3, -0.25) is 9.36 Å². The lowest BCUT2D eigenvalue weighted by atomic mass is 9.96. The second kappa shape index (κ2) is 13.7. The third kappa shape index (κ3) is 6.57. The van der Waals surface area contributed by atoms with Gasteiger partial charge >= 0.3 is 5.97 Å². The largest absolute Gasteiger partial charge is 0.493 e. The van der Waals surface area contributed by atoms with Gasteiger partial charge in [-0.15, -0.1) is 0 Å². The van der Waals surface area contributed by atoms with Gasteiger partial charge in [0, 0.05) is 0 Å². The third-order valence-corrected chi connectivity index (χ3v) is 8.82. The fourth-order valence-corrected chi connectivity index (χ4v) is 6.77. The van der Waals surface area contributed by atoms with Gasteiger partial charge < -0.3 is 18.9 Å². The van der Waals surface area contributed by atoms with Crippen LogP contribution in [0.3, 0.4) is 0 Å². The number of hydrogen-bond donors (Lipinski definition) is 0. The summed E-state index contributed by atoms with van der Waals surface area (Å²) in [6, 6.07) is 26.7. The quantitative estimate of drug-likeness (QED) is 0.165. The maximum atomic E-state index is 14.1. The molecule has 5 aromatic rings. The molecule has 1 aromatic heterocycles. The highest BCUT2D eigenvalue weighted by Gasteiger charge is 2.33. The van der Waals surface area contributed by atoms with Crippen LogP contribution >= 0.6 is 11.3 Å². The van der Waals surface area contributed by atoms with Crippen LogP contribution in [0.1, 0.15) is 50.4 Å². The number of thiazole rings is 1. The Morgan fingerprint density at radius 2 is 1.77 bits per heavy atom. The maximum Gasteiger partial charge on any atom is 0.338 e. The lowest BCUT2D eigenvalue weighted by molar-refractivity contribution is -0.139. The molecule has 6 rings (SSSR count). The molecule has 0 amide bonds. The number of aromatic nitrogens is 1. The second-order valence-corrected chi connectivity index (χ2v) is 12.4. The molecule has 240 valence electrons. The van der Waals surface area contributed by atoms with Crippen LogP contribution in [0.15, 0.2) is 106 Å². The smallest absolute Gasteiger partial charge is 0.338 e. The molecule has 0 saturated heterocycles. The molecular weight excluding hydrogens is 612 g/mol. The van der Waals surface area contributed by atoms with Gasteiger partial charge in [0.1, 0.15) is 12.4 Å². The van der Waals surface area contributed by atoms with Crippen molar-refractivity contribution in [1.82, 2.24) is 4.57 Å². The summed E-state index contributed by atoms with van der Waals surface area (Å²) in [6.07, 6.45) is 1.82. The maximum absolute atomic E-state index is 14.1. The molecular formula is C38H36N2O6S. The first-order valence-electron chi connectivity index (χ1n) is 15.5. The van der Waals surface area contributed by atoms with Gasteiger partial charge in [-0.25, -0.2) is 9.79 Å². The summed E-state index contributed by atoms with van der Waals surface area (Å²) in [4.78, 5) is 32.5. The Bertz CT molecular complexity index is 2160. The van der Waals surface area contributed by atoms with Gasteiger partial charge in [0.15, 0.2) is 16.3 Å². The summed E-state index contributed by atoms with van der Waals surface area (Å²) in [5, 5.41) is 2.29. The molecule has 0 spiro atoms. The summed E-state index contributed by atoms with van der Waals surface area (Å²) < 4.78 is 25.2. The minimum atomic E-state index is -0.708. The average Bonchev–Trinajstić information content (AvgIpc) is 3.37. The molecule has 2 heterocycles. The normalized spacial score (nSPS) is 14.6. The number of nitrogens with zero attached hydrogens (tertiary/aromatic N) is 2. The zero-order chi connectivity index (χ0) is 33.1. The van der Waals surface area contributed by atoms with Crippen LogP contribution < -0.4 is 29.1 Å². The van der Waals surface area contributed by atoms with E-state index in [1.807, 2.05) is 74.5 Å². The topological polar surface area (TPSA) is 88.4 Å². The van der Waals surface area contributed by atoms with E-state index in [1.165, 1.54) is 11.3 Å². The molecule has 9 heteroatoms. The molecule has 0 unspecified atom stereocenters. The molecule has 8 nitrogen and oxygen atoms in total. The lowest BCUT2D eigenvalue weighted by Crippen LogP contribution is -2.39. The molecule has 1 aliphatic rings. The number of benzene rings is 4. The molecule has 1 aliphatic heterocycles. The van der Waals surface area contributed by atoms with Crippen LogP contribution in [0.2, 0.25) is 0 Å². The zero-order valence-electron chi connectivity index (χ0n) is 27.0. The van der Waals surface area contributed by atoms with E-state index in [1.54, 1.807) is 31.6 Å². The fraction of sp³-hybridized carbons (Fsp3) is 0.237. The molecule has 4 aromatic carbocycles. The summed E-state index contributed by atoms with van der Waals surface area (Å²) >= 11 is 1.27. The Hall–Kier alpha value is -5.15. The summed E-state index contributed by atoms with van der Waals surface area (Å²) in [5.74, 6) is 1.35. The molecule has 0 N–H and O–H groups in total. The number of ether oxygens (including phenoxy) is 4. The predicted octanol–water partition coefficient (Wildman–Crippen LogP) is 6.33. The van der Waals surface area contributed by atoms with E-state index >= 15 is 0 Å². The zero-order valence-corrected chi connectivity index (χ0v) is 27.8. The molecule has 0 radical (unpaired) electrons. The van der Waals surface area contributed by atoms with Gasteiger partial charge in [-0.2, -0.15) is 0 Å². The monoisotopic (exact) mass is 648 g/mol. The predicted molar refractivity (Wildman–Crippen MR) is 184 cm³/mol. The minimum absolute atomic E-state index is 0.0132. The van der Waals surface area contributed by atoms with E-state index in [-0.39, 0.29) is 18.3 Å².